The van der Waals surface area contributed by atoms with Gasteiger partial charge in [0.15, 0.2) is 0 Å². The second kappa shape index (κ2) is 13.6. The number of aliphatic hydroxyl groups is 2. The Morgan fingerprint density at radius 1 is 1.16 bits per heavy atom. The van der Waals surface area contributed by atoms with Crippen LogP contribution >= 0.6 is 0 Å². The van der Waals surface area contributed by atoms with Gasteiger partial charge < -0.3 is 14.9 Å². The van der Waals surface area contributed by atoms with Crippen molar-refractivity contribution in [1.29, 1.82) is 0 Å². The summed E-state index contributed by atoms with van der Waals surface area (Å²) >= 11 is 0. The van der Waals surface area contributed by atoms with Crippen molar-refractivity contribution in [2.24, 2.45) is 0 Å². The lowest BCUT2D eigenvalue weighted by Gasteiger charge is -2.05. The summed E-state index contributed by atoms with van der Waals surface area (Å²) in [5.74, 6) is -0.463. The summed E-state index contributed by atoms with van der Waals surface area (Å²) in [6, 6.07) is 0. The zero-order chi connectivity index (χ0) is 14.3. The van der Waals surface area contributed by atoms with Gasteiger partial charge in [-0.25, -0.2) is 4.79 Å². The molecule has 0 saturated carbocycles. The van der Waals surface area contributed by atoms with Gasteiger partial charge in [0.1, 0.15) is 12.7 Å². The SMILES string of the molecule is CCCCCCCCCC=CC(=O)OCC(O)CO. The molecule has 1 atom stereocenters. The second-order valence-electron chi connectivity index (χ2n) is 4.78. The van der Waals surface area contributed by atoms with E-state index >= 15 is 0 Å². The largest absolute Gasteiger partial charge is 0.460 e. The minimum atomic E-state index is -0.986. The smallest absolute Gasteiger partial charge is 0.330 e. The van der Waals surface area contributed by atoms with Crippen molar-refractivity contribution in [2.45, 2.75) is 64.4 Å². The van der Waals surface area contributed by atoms with E-state index in [0.29, 0.717) is 0 Å². The Morgan fingerprint density at radius 2 is 1.79 bits per heavy atom. The summed E-state index contributed by atoms with van der Waals surface area (Å²) < 4.78 is 4.73. The average molecular weight is 272 g/mol. The molecule has 1 unspecified atom stereocenters. The van der Waals surface area contributed by atoms with Gasteiger partial charge in [-0.1, -0.05) is 51.5 Å². The molecule has 0 aliphatic rings. The first-order valence-electron chi connectivity index (χ1n) is 7.33. The Morgan fingerprint density at radius 3 is 2.42 bits per heavy atom. The van der Waals surface area contributed by atoms with Crippen molar-refractivity contribution in [3.63, 3.8) is 0 Å². The number of allylic oxidation sites excluding steroid dienone is 1. The van der Waals surface area contributed by atoms with Crippen molar-refractivity contribution >= 4 is 5.97 Å². The highest BCUT2D eigenvalue weighted by Crippen LogP contribution is 2.08. The molecule has 0 heterocycles. The highest BCUT2D eigenvalue weighted by atomic mass is 16.5. The summed E-state index contributed by atoms with van der Waals surface area (Å²) in [4.78, 5) is 11.2. The van der Waals surface area contributed by atoms with Gasteiger partial charge in [-0.15, -0.1) is 0 Å². The molecule has 19 heavy (non-hydrogen) atoms. The van der Waals surface area contributed by atoms with E-state index in [-0.39, 0.29) is 6.61 Å². The van der Waals surface area contributed by atoms with Crippen LogP contribution < -0.4 is 0 Å². The summed E-state index contributed by atoms with van der Waals surface area (Å²) in [6.07, 6.45) is 11.9. The van der Waals surface area contributed by atoms with Gasteiger partial charge in [-0.3, -0.25) is 0 Å². The Kier molecular flexibility index (Phi) is 12.9. The number of ether oxygens (including phenoxy) is 1. The lowest BCUT2D eigenvalue weighted by Crippen LogP contribution is -2.21. The molecule has 0 aromatic carbocycles. The fourth-order valence-electron chi connectivity index (χ4n) is 1.68. The van der Waals surface area contributed by atoms with Crippen molar-refractivity contribution in [3.05, 3.63) is 12.2 Å². The van der Waals surface area contributed by atoms with Gasteiger partial charge in [0.2, 0.25) is 0 Å². The Bertz CT molecular complexity index is 238. The first-order chi connectivity index (χ1) is 9.20. The Balaban J connectivity index is 3.35. The fraction of sp³-hybridized carbons (Fsp3) is 0.800. The molecule has 0 radical (unpaired) electrons. The molecule has 0 aromatic heterocycles. The molecular weight excluding hydrogens is 244 g/mol. The van der Waals surface area contributed by atoms with Gasteiger partial charge in [0, 0.05) is 6.08 Å². The third kappa shape index (κ3) is 13.4. The molecule has 0 bridgehead atoms. The maximum Gasteiger partial charge on any atom is 0.330 e. The van der Waals surface area contributed by atoms with Crippen LogP contribution in [0, 0.1) is 0 Å². The maximum atomic E-state index is 11.2. The minimum Gasteiger partial charge on any atom is -0.460 e. The zero-order valence-electron chi connectivity index (χ0n) is 12.0. The molecule has 0 aromatic rings. The van der Waals surface area contributed by atoms with E-state index in [1.165, 1.54) is 44.6 Å². The van der Waals surface area contributed by atoms with E-state index in [0.717, 1.165) is 12.8 Å². The van der Waals surface area contributed by atoms with Crippen LogP contribution in [0.5, 0.6) is 0 Å². The molecule has 2 N–H and O–H groups in total. The van der Waals surface area contributed by atoms with Crippen molar-refractivity contribution in [1.82, 2.24) is 0 Å². The van der Waals surface area contributed by atoms with Crippen LogP contribution in [0.1, 0.15) is 58.3 Å². The molecule has 0 fully saturated rings. The van der Waals surface area contributed by atoms with Gasteiger partial charge in [-0.2, -0.15) is 0 Å². The van der Waals surface area contributed by atoms with Crippen LogP contribution in [-0.4, -0.2) is 35.5 Å². The molecule has 0 spiro atoms. The monoisotopic (exact) mass is 272 g/mol. The van der Waals surface area contributed by atoms with Gasteiger partial charge in [-0.05, 0) is 12.8 Å². The fourth-order valence-corrected chi connectivity index (χ4v) is 1.68. The number of rotatable bonds is 12. The van der Waals surface area contributed by atoms with Crippen LogP contribution in [0.3, 0.4) is 0 Å². The van der Waals surface area contributed by atoms with Crippen LogP contribution in [-0.2, 0) is 9.53 Å². The van der Waals surface area contributed by atoms with Crippen LogP contribution in [0.4, 0.5) is 0 Å². The third-order valence-corrected chi connectivity index (χ3v) is 2.86. The molecule has 0 aliphatic carbocycles. The number of aliphatic hydroxyl groups excluding tert-OH is 2. The predicted molar refractivity (Wildman–Crippen MR) is 75.8 cm³/mol. The lowest BCUT2D eigenvalue weighted by atomic mass is 10.1. The van der Waals surface area contributed by atoms with Crippen LogP contribution in [0.15, 0.2) is 12.2 Å². The van der Waals surface area contributed by atoms with Crippen LogP contribution in [0.25, 0.3) is 0 Å². The number of carbonyl (C=O) groups excluding carboxylic acids is 1. The quantitative estimate of drug-likeness (QED) is 0.325. The number of carbonyl (C=O) groups is 1. The lowest BCUT2D eigenvalue weighted by molar-refractivity contribution is -0.141. The van der Waals surface area contributed by atoms with Crippen molar-refractivity contribution < 1.29 is 19.7 Å². The van der Waals surface area contributed by atoms with Gasteiger partial charge >= 0.3 is 5.97 Å². The predicted octanol–water partition coefficient (Wildman–Crippen LogP) is 2.58. The maximum absolute atomic E-state index is 11.2. The van der Waals surface area contributed by atoms with E-state index in [4.69, 9.17) is 14.9 Å². The number of hydrogen-bond donors (Lipinski definition) is 2. The highest BCUT2D eigenvalue weighted by molar-refractivity contribution is 5.81. The average Bonchev–Trinajstić information content (AvgIpc) is 2.42. The molecule has 0 rings (SSSR count). The van der Waals surface area contributed by atoms with Gasteiger partial charge in [0.25, 0.3) is 0 Å². The molecule has 0 amide bonds. The molecule has 0 aliphatic heterocycles. The first-order valence-corrected chi connectivity index (χ1v) is 7.33. The highest BCUT2D eigenvalue weighted by Gasteiger charge is 2.04. The van der Waals surface area contributed by atoms with E-state index in [1.54, 1.807) is 6.08 Å². The zero-order valence-corrected chi connectivity index (χ0v) is 12.0. The molecule has 0 saturated heterocycles. The Hall–Kier alpha value is -0.870. The second-order valence-corrected chi connectivity index (χ2v) is 4.78. The first kappa shape index (κ1) is 18.1. The number of unbranched alkanes of at least 4 members (excludes halogenated alkanes) is 7. The summed E-state index contributed by atoms with van der Waals surface area (Å²) in [5.41, 5.74) is 0. The van der Waals surface area contributed by atoms with Crippen molar-refractivity contribution in [2.75, 3.05) is 13.2 Å². The summed E-state index contributed by atoms with van der Waals surface area (Å²) in [7, 11) is 0. The normalized spacial score (nSPS) is 12.8. The third-order valence-electron chi connectivity index (χ3n) is 2.86. The van der Waals surface area contributed by atoms with E-state index in [2.05, 4.69) is 6.92 Å². The number of hydrogen-bond acceptors (Lipinski definition) is 4. The Labute approximate surface area is 116 Å². The summed E-state index contributed by atoms with van der Waals surface area (Å²) in [5, 5.41) is 17.5. The molecular formula is C15H28O4. The van der Waals surface area contributed by atoms with Crippen LogP contribution in [0.2, 0.25) is 0 Å². The molecule has 112 valence electrons. The van der Waals surface area contributed by atoms with Crippen molar-refractivity contribution in [3.8, 4) is 0 Å². The molecule has 4 nitrogen and oxygen atoms in total. The van der Waals surface area contributed by atoms with E-state index in [1.807, 2.05) is 0 Å². The topological polar surface area (TPSA) is 66.8 Å². The minimum absolute atomic E-state index is 0.156. The number of esters is 1. The standard InChI is InChI=1S/C15H28O4/c1-2-3-4-5-6-7-8-9-10-11-15(18)19-13-14(17)12-16/h10-11,14,16-17H,2-9,12-13H2,1H3. The van der Waals surface area contributed by atoms with E-state index in [9.17, 15) is 4.79 Å². The van der Waals surface area contributed by atoms with Gasteiger partial charge in [0.05, 0.1) is 6.61 Å². The van der Waals surface area contributed by atoms with E-state index < -0.39 is 18.7 Å². The summed E-state index contributed by atoms with van der Waals surface area (Å²) in [6.45, 7) is 1.66. The molecule has 4 heteroatoms.